The Labute approximate surface area is 133 Å². The molecule has 1 heterocycles. The summed E-state index contributed by atoms with van der Waals surface area (Å²) in [5.41, 5.74) is 1.26. The van der Waals surface area contributed by atoms with Crippen molar-refractivity contribution in [1.29, 1.82) is 0 Å². The minimum atomic E-state index is -0.103. The molecule has 0 saturated carbocycles. The molecule has 0 atom stereocenters. The van der Waals surface area contributed by atoms with Crippen LogP contribution >= 0.6 is 0 Å². The average molecular weight is 314 g/mol. The van der Waals surface area contributed by atoms with Gasteiger partial charge in [0, 0.05) is 18.2 Å². The van der Waals surface area contributed by atoms with Crippen LogP contribution in [0.1, 0.15) is 0 Å². The lowest BCUT2D eigenvalue weighted by Gasteiger charge is -2.08. The van der Waals surface area contributed by atoms with Crippen molar-refractivity contribution in [2.24, 2.45) is 7.05 Å². The molecule has 23 heavy (non-hydrogen) atoms. The second-order valence-electron chi connectivity index (χ2n) is 5.08. The number of methoxy groups -OCH3 is 2. The number of aromatic hydroxyl groups is 2. The van der Waals surface area contributed by atoms with Gasteiger partial charge in [0.2, 0.25) is 11.2 Å². The van der Waals surface area contributed by atoms with E-state index in [0.717, 1.165) is 0 Å². The molecule has 3 rings (SSSR count). The highest BCUT2D eigenvalue weighted by molar-refractivity contribution is 5.83. The van der Waals surface area contributed by atoms with Crippen molar-refractivity contribution in [2.75, 3.05) is 14.2 Å². The molecule has 0 fully saturated rings. The molecular weight excluding hydrogens is 296 g/mol. The quantitative estimate of drug-likeness (QED) is 0.717. The van der Waals surface area contributed by atoms with Gasteiger partial charge >= 0.3 is 11.9 Å². The molecule has 118 valence electrons. The summed E-state index contributed by atoms with van der Waals surface area (Å²) in [5.74, 6) is 0.940. The molecule has 6 nitrogen and oxygen atoms in total. The van der Waals surface area contributed by atoms with E-state index in [1.54, 1.807) is 35.9 Å². The van der Waals surface area contributed by atoms with Crippen LogP contribution in [0.2, 0.25) is 0 Å². The lowest BCUT2D eigenvalue weighted by molar-refractivity contribution is -0.768. The molecule has 1 aromatic heterocycles. The van der Waals surface area contributed by atoms with E-state index >= 15 is 0 Å². The lowest BCUT2D eigenvalue weighted by Crippen LogP contribution is -2.44. The Balaban J connectivity index is 2.41. The Kier molecular flexibility index (Phi) is 3.65. The van der Waals surface area contributed by atoms with E-state index in [9.17, 15) is 10.2 Å². The highest BCUT2D eigenvalue weighted by Gasteiger charge is 2.34. The van der Waals surface area contributed by atoms with Crippen molar-refractivity contribution >= 4 is 10.9 Å². The van der Waals surface area contributed by atoms with Crippen molar-refractivity contribution in [1.82, 2.24) is 0 Å². The minimum Gasteiger partial charge on any atom is -0.493 e. The molecule has 2 aromatic carbocycles. The molecule has 0 amide bonds. The van der Waals surface area contributed by atoms with Crippen molar-refractivity contribution in [3.05, 3.63) is 42.5 Å². The molecule has 6 heteroatoms. The average Bonchev–Trinajstić information content (AvgIpc) is 2.59. The zero-order valence-corrected chi connectivity index (χ0v) is 13.1. The third-order valence-electron chi connectivity index (χ3n) is 3.83. The SMILES string of the molecule is COc1cc2c(O)[n+](-c3ccccc3)c(O)[n+](C)c2cc1OC. The number of hydrogen-bond donors (Lipinski definition) is 2. The van der Waals surface area contributed by atoms with Gasteiger partial charge in [-0.2, -0.15) is 0 Å². The molecule has 0 radical (unpaired) electrons. The van der Waals surface area contributed by atoms with E-state index < -0.39 is 0 Å². The first-order valence-electron chi connectivity index (χ1n) is 7.05. The van der Waals surface area contributed by atoms with Crippen LogP contribution in [0.15, 0.2) is 42.5 Å². The van der Waals surface area contributed by atoms with Gasteiger partial charge in [0.25, 0.3) is 0 Å². The predicted octanol–water partition coefficient (Wildman–Crippen LogP) is 1.37. The van der Waals surface area contributed by atoms with Gasteiger partial charge in [-0.3, -0.25) is 0 Å². The third kappa shape index (κ3) is 2.28. The highest BCUT2D eigenvalue weighted by Crippen LogP contribution is 2.34. The van der Waals surface area contributed by atoms with Crippen LogP contribution in [0, 0.1) is 0 Å². The van der Waals surface area contributed by atoms with Crippen molar-refractivity contribution in [3.63, 3.8) is 0 Å². The van der Waals surface area contributed by atoms with Crippen molar-refractivity contribution in [2.45, 2.75) is 0 Å². The number of para-hydroxylation sites is 1. The summed E-state index contributed by atoms with van der Waals surface area (Å²) < 4.78 is 13.5. The smallest absolute Gasteiger partial charge is 0.493 e. The van der Waals surface area contributed by atoms with Crippen LogP contribution in [-0.4, -0.2) is 24.4 Å². The third-order valence-corrected chi connectivity index (χ3v) is 3.83. The fourth-order valence-electron chi connectivity index (χ4n) is 2.61. The first-order chi connectivity index (χ1) is 11.1. The summed E-state index contributed by atoms with van der Waals surface area (Å²) in [6.07, 6.45) is 0. The molecule has 0 aliphatic heterocycles. The number of nitrogens with zero attached hydrogens (tertiary/aromatic N) is 2. The zero-order chi connectivity index (χ0) is 16.6. The van der Waals surface area contributed by atoms with E-state index in [4.69, 9.17) is 9.47 Å². The molecule has 0 aliphatic carbocycles. The van der Waals surface area contributed by atoms with E-state index in [1.807, 2.05) is 18.2 Å². The molecular formula is C17H18N2O4+2. The number of rotatable bonds is 3. The Morgan fingerprint density at radius 2 is 1.52 bits per heavy atom. The van der Waals surface area contributed by atoms with Gasteiger partial charge in [-0.1, -0.05) is 18.2 Å². The van der Waals surface area contributed by atoms with Gasteiger partial charge < -0.3 is 19.7 Å². The normalized spacial score (nSPS) is 10.7. The summed E-state index contributed by atoms with van der Waals surface area (Å²) in [7, 11) is 4.78. The highest BCUT2D eigenvalue weighted by atomic mass is 16.5. The number of aryl methyl sites for hydroxylation is 1. The monoisotopic (exact) mass is 314 g/mol. The number of hydrogen-bond acceptors (Lipinski definition) is 4. The lowest BCUT2D eigenvalue weighted by atomic mass is 10.2. The number of aromatic nitrogens is 2. The van der Waals surface area contributed by atoms with Gasteiger partial charge in [-0.25, -0.2) is 0 Å². The van der Waals surface area contributed by atoms with Crippen LogP contribution < -0.4 is 18.6 Å². The Morgan fingerprint density at radius 1 is 0.913 bits per heavy atom. The van der Waals surface area contributed by atoms with E-state index in [0.29, 0.717) is 28.1 Å². The maximum Gasteiger partial charge on any atom is 0.637 e. The van der Waals surface area contributed by atoms with Crippen LogP contribution in [0.25, 0.3) is 16.6 Å². The summed E-state index contributed by atoms with van der Waals surface area (Å²) in [6, 6.07) is 12.4. The number of ether oxygens (including phenoxy) is 2. The second kappa shape index (κ2) is 5.64. The number of benzene rings is 2. The summed E-state index contributed by atoms with van der Waals surface area (Å²) in [6.45, 7) is 0. The second-order valence-corrected chi connectivity index (χ2v) is 5.08. The number of fused-ring (bicyclic) bond motifs is 1. The molecule has 0 unspecified atom stereocenters. The van der Waals surface area contributed by atoms with E-state index in [-0.39, 0.29) is 11.9 Å². The van der Waals surface area contributed by atoms with Crippen molar-refractivity contribution < 1.29 is 28.8 Å². The Morgan fingerprint density at radius 3 is 2.13 bits per heavy atom. The van der Waals surface area contributed by atoms with Crippen LogP contribution in [0.3, 0.4) is 0 Å². The standard InChI is InChI=1S/C17H16N2O4/c1-18-13-10-15(23-3)14(22-2)9-12(13)16(20)19(17(18)21)11-7-5-4-6-8-11/h4-10H,1-3H3/p+2. The van der Waals surface area contributed by atoms with Gasteiger partial charge in [0.05, 0.1) is 20.3 Å². The van der Waals surface area contributed by atoms with E-state index in [2.05, 4.69) is 0 Å². The fraction of sp³-hybridized carbons (Fsp3) is 0.176. The molecule has 2 N–H and O–H groups in total. The van der Waals surface area contributed by atoms with Crippen LogP contribution in [0.4, 0.5) is 0 Å². The first kappa shape index (κ1) is 14.9. The maximum atomic E-state index is 10.7. The van der Waals surface area contributed by atoms with Gasteiger partial charge in [-0.15, -0.1) is 4.57 Å². The maximum absolute atomic E-state index is 10.7. The summed E-state index contributed by atoms with van der Waals surface area (Å²) in [5, 5.41) is 21.7. The fourth-order valence-corrected chi connectivity index (χ4v) is 2.61. The van der Waals surface area contributed by atoms with Gasteiger partial charge in [-0.05, 0) is 4.57 Å². The zero-order valence-electron chi connectivity index (χ0n) is 13.1. The first-order valence-corrected chi connectivity index (χ1v) is 7.05. The predicted molar refractivity (Wildman–Crippen MR) is 83.1 cm³/mol. The molecule has 3 aromatic rings. The molecule has 0 saturated heterocycles. The van der Waals surface area contributed by atoms with Crippen LogP contribution in [0.5, 0.6) is 23.4 Å². The van der Waals surface area contributed by atoms with Gasteiger partial charge in [0.15, 0.2) is 16.9 Å². The molecule has 0 spiro atoms. The van der Waals surface area contributed by atoms with Crippen molar-refractivity contribution in [3.8, 4) is 29.1 Å². The van der Waals surface area contributed by atoms with Crippen LogP contribution in [-0.2, 0) is 7.05 Å². The Bertz CT molecular complexity index is 879. The summed E-state index contributed by atoms with van der Waals surface area (Å²) >= 11 is 0. The molecule has 0 aliphatic rings. The Hall–Kier alpha value is -3.02. The van der Waals surface area contributed by atoms with E-state index in [1.165, 1.54) is 18.8 Å². The topological polar surface area (TPSA) is 66.7 Å². The summed E-state index contributed by atoms with van der Waals surface area (Å²) in [4.78, 5) is 0. The minimum absolute atomic E-state index is 0.0808. The largest absolute Gasteiger partial charge is 0.637 e. The van der Waals surface area contributed by atoms with Gasteiger partial charge in [0.1, 0.15) is 7.05 Å². The molecule has 0 bridgehead atoms.